The molecule has 0 N–H and O–H groups in total. The van der Waals surface area contributed by atoms with Gasteiger partial charge in [-0.05, 0) is 38.5 Å². The molecule has 1 amide bonds. The van der Waals surface area contributed by atoms with E-state index in [0.717, 1.165) is 0 Å². The number of benzene rings is 1. The van der Waals surface area contributed by atoms with Crippen molar-refractivity contribution in [3.8, 4) is 5.75 Å². The molecule has 0 saturated heterocycles. The number of rotatable bonds is 5. The molecule has 0 unspecified atom stereocenters. The van der Waals surface area contributed by atoms with Crippen LogP contribution in [0, 0.1) is 0 Å². The van der Waals surface area contributed by atoms with E-state index in [1.807, 2.05) is 0 Å². The second-order valence-corrected chi connectivity index (χ2v) is 5.59. The lowest BCUT2D eigenvalue weighted by molar-refractivity contribution is -0.132. The SMILES string of the molecule is COCCCN1C(=O)C(C)(C)Oc2ccc(C(=O)OC)cc21. The van der Waals surface area contributed by atoms with Gasteiger partial charge in [-0.3, -0.25) is 4.79 Å². The topological polar surface area (TPSA) is 65.1 Å². The van der Waals surface area contributed by atoms with Crippen LogP contribution in [0.15, 0.2) is 18.2 Å². The van der Waals surface area contributed by atoms with Gasteiger partial charge in [0.15, 0.2) is 5.60 Å². The van der Waals surface area contributed by atoms with E-state index < -0.39 is 11.6 Å². The van der Waals surface area contributed by atoms with E-state index in [-0.39, 0.29) is 5.91 Å². The highest BCUT2D eigenvalue weighted by Crippen LogP contribution is 2.38. The van der Waals surface area contributed by atoms with Gasteiger partial charge in [0.2, 0.25) is 0 Å². The zero-order valence-electron chi connectivity index (χ0n) is 13.3. The van der Waals surface area contributed by atoms with Crippen LogP contribution in [0.25, 0.3) is 0 Å². The molecule has 0 saturated carbocycles. The number of nitrogens with zero attached hydrogens (tertiary/aromatic N) is 1. The number of hydrogen-bond donors (Lipinski definition) is 0. The van der Waals surface area contributed by atoms with E-state index >= 15 is 0 Å². The summed E-state index contributed by atoms with van der Waals surface area (Å²) in [7, 11) is 2.94. The number of carbonyl (C=O) groups excluding carboxylic acids is 2. The van der Waals surface area contributed by atoms with E-state index in [4.69, 9.17) is 14.2 Å². The average Bonchev–Trinajstić information content (AvgIpc) is 2.49. The van der Waals surface area contributed by atoms with Gasteiger partial charge >= 0.3 is 5.97 Å². The summed E-state index contributed by atoms with van der Waals surface area (Å²) >= 11 is 0. The molecule has 0 aromatic heterocycles. The standard InChI is InChI=1S/C16H21NO5/c1-16(2)15(19)17(8-5-9-20-3)12-10-11(14(18)21-4)6-7-13(12)22-16/h6-7,10H,5,8-9H2,1-4H3. The van der Waals surface area contributed by atoms with E-state index in [2.05, 4.69) is 0 Å². The molecular weight excluding hydrogens is 286 g/mol. The molecule has 0 aliphatic carbocycles. The fraction of sp³-hybridized carbons (Fsp3) is 0.500. The Morgan fingerprint density at radius 1 is 1.32 bits per heavy atom. The van der Waals surface area contributed by atoms with Gasteiger partial charge in [0.05, 0.1) is 18.4 Å². The highest BCUT2D eigenvalue weighted by molar-refractivity contribution is 6.03. The second-order valence-electron chi connectivity index (χ2n) is 5.59. The lowest BCUT2D eigenvalue weighted by Crippen LogP contribution is -2.53. The Bertz CT molecular complexity index is 582. The van der Waals surface area contributed by atoms with E-state index in [1.165, 1.54) is 7.11 Å². The first-order valence-corrected chi connectivity index (χ1v) is 7.13. The zero-order valence-corrected chi connectivity index (χ0v) is 13.3. The Hall–Kier alpha value is -2.08. The maximum absolute atomic E-state index is 12.6. The number of esters is 1. The molecule has 2 rings (SSSR count). The van der Waals surface area contributed by atoms with Crippen molar-refractivity contribution >= 4 is 17.6 Å². The number of anilines is 1. The smallest absolute Gasteiger partial charge is 0.337 e. The Labute approximate surface area is 129 Å². The minimum atomic E-state index is -0.938. The van der Waals surface area contributed by atoms with Crippen molar-refractivity contribution in [2.45, 2.75) is 25.9 Å². The molecule has 120 valence electrons. The number of methoxy groups -OCH3 is 2. The molecule has 0 radical (unpaired) electrons. The highest BCUT2D eigenvalue weighted by atomic mass is 16.5. The quantitative estimate of drug-likeness (QED) is 0.615. The fourth-order valence-corrected chi connectivity index (χ4v) is 2.40. The number of fused-ring (bicyclic) bond motifs is 1. The third-order valence-electron chi connectivity index (χ3n) is 3.53. The summed E-state index contributed by atoms with van der Waals surface area (Å²) in [4.78, 5) is 25.9. The summed E-state index contributed by atoms with van der Waals surface area (Å²) in [5.41, 5.74) is 0.0322. The summed E-state index contributed by atoms with van der Waals surface area (Å²) < 4.78 is 15.5. The van der Waals surface area contributed by atoms with Gasteiger partial charge in [-0.2, -0.15) is 0 Å². The van der Waals surface area contributed by atoms with Gasteiger partial charge in [0.25, 0.3) is 5.91 Å². The lowest BCUT2D eigenvalue weighted by Gasteiger charge is -2.39. The van der Waals surface area contributed by atoms with Crippen molar-refractivity contribution in [2.75, 3.05) is 32.3 Å². The Kier molecular flexibility index (Phi) is 4.71. The first kappa shape index (κ1) is 16.3. The van der Waals surface area contributed by atoms with Crippen LogP contribution in [0.1, 0.15) is 30.6 Å². The molecule has 1 aromatic carbocycles. The third-order valence-corrected chi connectivity index (χ3v) is 3.53. The first-order chi connectivity index (χ1) is 10.4. The summed E-state index contributed by atoms with van der Waals surface area (Å²) in [6.07, 6.45) is 0.695. The summed E-state index contributed by atoms with van der Waals surface area (Å²) in [6, 6.07) is 4.95. The van der Waals surface area contributed by atoms with Crippen molar-refractivity contribution < 1.29 is 23.8 Å². The van der Waals surface area contributed by atoms with Crippen molar-refractivity contribution in [3.63, 3.8) is 0 Å². The van der Waals surface area contributed by atoms with Crippen molar-refractivity contribution in [1.29, 1.82) is 0 Å². The highest BCUT2D eigenvalue weighted by Gasteiger charge is 2.40. The van der Waals surface area contributed by atoms with Gasteiger partial charge in [-0.15, -0.1) is 0 Å². The molecular formula is C16H21NO5. The van der Waals surface area contributed by atoms with Crippen molar-refractivity contribution in [3.05, 3.63) is 23.8 Å². The summed E-state index contributed by atoms with van der Waals surface area (Å²) in [5, 5.41) is 0. The first-order valence-electron chi connectivity index (χ1n) is 7.13. The predicted molar refractivity (Wildman–Crippen MR) is 81.3 cm³/mol. The van der Waals surface area contributed by atoms with Crippen LogP contribution >= 0.6 is 0 Å². The van der Waals surface area contributed by atoms with Crippen LogP contribution in [-0.2, 0) is 14.3 Å². The van der Waals surface area contributed by atoms with Gasteiger partial charge in [-0.1, -0.05) is 0 Å². The van der Waals surface area contributed by atoms with Crippen LogP contribution in [0.2, 0.25) is 0 Å². The molecule has 6 heteroatoms. The Morgan fingerprint density at radius 3 is 2.68 bits per heavy atom. The molecule has 1 aliphatic rings. The molecule has 6 nitrogen and oxygen atoms in total. The maximum atomic E-state index is 12.6. The Balaban J connectivity index is 2.39. The second kappa shape index (κ2) is 6.36. The van der Waals surface area contributed by atoms with Crippen molar-refractivity contribution in [2.24, 2.45) is 0 Å². The number of hydrogen-bond acceptors (Lipinski definition) is 5. The normalized spacial score (nSPS) is 16.0. The van der Waals surface area contributed by atoms with Crippen LogP contribution < -0.4 is 9.64 Å². The van der Waals surface area contributed by atoms with Crippen LogP contribution in [0.3, 0.4) is 0 Å². The molecule has 22 heavy (non-hydrogen) atoms. The molecule has 1 aromatic rings. The van der Waals surface area contributed by atoms with E-state index in [1.54, 1.807) is 44.1 Å². The number of amides is 1. The largest absolute Gasteiger partial charge is 0.476 e. The molecule has 1 heterocycles. The van der Waals surface area contributed by atoms with Gasteiger partial charge in [-0.25, -0.2) is 4.79 Å². The third kappa shape index (κ3) is 3.06. The predicted octanol–water partition coefficient (Wildman–Crippen LogP) is 2.01. The lowest BCUT2D eigenvalue weighted by atomic mass is 10.0. The van der Waals surface area contributed by atoms with Gasteiger partial charge in [0.1, 0.15) is 5.75 Å². The van der Waals surface area contributed by atoms with Crippen molar-refractivity contribution in [1.82, 2.24) is 0 Å². The fourth-order valence-electron chi connectivity index (χ4n) is 2.40. The molecule has 0 atom stereocenters. The van der Waals surface area contributed by atoms with E-state index in [9.17, 15) is 9.59 Å². The van der Waals surface area contributed by atoms with E-state index in [0.29, 0.717) is 36.6 Å². The Morgan fingerprint density at radius 2 is 2.05 bits per heavy atom. The van der Waals surface area contributed by atoms with Crippen LogP contribution in [-0.4, -0.2) is 44.8 Å². The number of ether oxygens (including phenoxy) is 3. The average molecular weight is 307 g/mol. The van der Waals surface area contributed by atoms with Gasteiger partial charge in [0, 0.05) is 20.3 Å². The van der Waals surface area contributed by atoms with Gasteiger partial charge < -0.3 is 19.1 Å². The summed E-state index contributed by atoms with van der Waals surface area (Å²) in [6.45, 7) is 4.51. The molecule has 0 fully saturated rings. The maximum Gasteiger partial charge on any atom is 0.337 e. The summed E-state index contributed by atoms with van der Waals surface area (Å²) in [5.74, 6) is -0.00953. The van der Waals surface area contributed by atoms with Crippen LogP contribution in [0.4, 0.5) is 5.69 Å². The minimum absolute atomic E-state index is 0.141. The molecule has 0 bridgehead atoms. The monoisotopic (exact) mass is 307 g/mol. The zero-order chi connectivity index (χ0) is 16.3. The molecule has 0 spiro atoms. The van der Waals surface area contributed by atoms with Crippen LogP contribution in [0.5, 0.6) is 5.75 Å². The minimum Gasteiger partial charge on any atom is -0.476 e. The molecule has 1 aliphatic heterocycles. The number of carbonyl (C=O) groups is 2.